The molecule has 0 aromatic heterocycles. The Kier molecular flexibility index (Phi) is 4.99. The molecule has 0 bridgehead atoms. The van der Waals surface area contributed by atoms with Crippen LogP contribution in [0.1, 0.15) is 52.7 Å². The second-order valence-electron chi connectivity index (χ2n) is 7.72. The summed E-state index contributed by atoms with van der Waals surface area (Å²) in [6.45, 7) is 2.95. The SMILES string of the molecule is Cc1cccc(CN(C(=O)c2ccc(CN3C(=O)CCC3=O)cc2)C2CC2)c1. The first-order chi connectivity index (χ1) is 13.5. The number of hydrogen-bond donors (Lipinski definition) is 0. The highest BCUT2D eigenvalue weighted by molar-refractivity contribution is 6.01. The molecule has 144 valence electrons. The smallest absolute Gasteiger partial charge is 0.254 e. The zero-order chi connectivity index (χ0) is 19.7. The first-order valence-corrected chi connectivity index (χ1v) is 9.80. The average molecular weight is 376 g/mol. The van der Waals surface area contributed by atoms with E-state index in [1.807, 2.05) is 23.1 Å². The zero-order valence-corrected chi connectivity index (χ0v) is 16.1. The molecule has 28 heavy (non-hydrogen) atoms. The lowest BCUT2D eigenvalue weighted by Crippen LogP contribution is -2.32. The molecule has 1 saturated heterocycles. The van der Waals surface area contributed by atoms with E-state index < -0.39 is 0 Å². The summed E-state index contributed by atoms with van der Waals surface area (Å²) in [6.07, 6.45) is 2.69. The summed E-state index contributed by atoms with van der Waals surface area (Å²) >= 11 is 0. The molecular weight excluding hydrogens is 352 g/mol. The van der Waals surface area contributed by atoms with Crippen molar-refractivity contribution in [2.75, 3.05) is 0 Å². The van der Waals surface area contributed by atoms with Crippen molar-refractivity contribution in [1.82, 2.24) is 9.80 Å². The Morgan fingerprint density at radius 2 is 1.68 bits per heavy atom. The second-order valence-corrected chi connectivity index (χ2v) is 7.72. The Labute approximate surface area is 164 Å². The van der Waals surface area contributed by atoms with Crippen LogP contribution < -0.4 is 0 Å². The van der Waals surface area contributed by atoms with Crippen molar-refractivity contribution >= 4 is 17.7 Å². The van der Waals surface area contributed by atoms with Gasteiger partial charge in [0.05, 0.1) is 6.54 Å². The number of carbonyl (C=O) groups excluding carboxylic acids is 3. The number of carbonyl (C=O) groups is 3. The van der Waals surface area contributed by atoms with Gasteiger partial charge in [-0.1, -0.05) is 42.0 Å². The predicted octanol–water partition coefficient (Wildman–Crippen LogP) is 3.45. The molecule has 0 N–H and O–H groups in total. The number of nitrogens with zero attached hydrogens (tertiary/aromatic N) is 2. The third-order valence-corrected chi connectivity index (χ3v) is 5.38. The van der Waals surface area contributed by atoms with Gasteiger partial charge in [0.15, 0.2) is 0 Å². The lowest BCUT2D eigenvalue weighted by atomic mass is 10.1. The van der Waals surface area contributed by atoms with Gasteiger partial charge in [-0.3, -0.25) is 19.3 Å². The summed E-state index contributed by atoms with van der Waals surface area (Å²) in [7, 11) is 0. The predicted molar refractivity (Wildman–Crippen MR) is 105 cm³/mol. The molecule has 0 atom stereocenters. The van der Waals surface area contributed by atoms with Crippen LogP contribution in [-0.2, 0) is 22.7 Å². The van der Waals surface area contributed by atoms with Gasteiger partial charge in [-0.2, -0.15) is 0 Å². The van der Waals surface area contributed by atoms with Gasteiger partial charge in [0.2, 0.25) is 11.8 Å². The summed E-state index contributed by atoms with van der Waals surface area (Å²) < 4.78 is 0. The van der Waals surface area contributed by atoms with Gasteiger partial charge >= 0.3 is 0 Å². The van der Waals surface area contributed by atoms with Crippen molar-refractivity contribution in [3.05, 3.63) is 70.8 Å². The third kappa shape index (κ3) is 3.98. The van der Waals surface area contributed by atoms with E-state index in [2.05, 4.69) is 25.1 Å². The van der Waals surface area contributed by atoms with Crippen LogP contribution in [0.4, 0.5) is 0 Å². The zero-order valence-electron chi connectivity index (χ0n) is 16.1. The second kappa shape index (κ2) is 7.58. The molecule has 5 heteroatoms. The van der Waals surface area contributed by atoms with Crippen LogP contribution >= 0.6 is 0 Å². The molecule has 3 amide bonds. The van der Waals surface area contributed by atoms with E-state index in [0.29, 0.717) is 31.0 Å². The Morgan fingerprint density at radius 3 is 2.29 bits per heavy atom. The van der Waals surface area contributed by atoms with Gasteiger partial charge in [-0.15, -0.1) is 0 Å². The van der Waals surface area contributed by atoms with Crippen LogP contribution in [0.25, 0.3) is 0 Å². The summed E-state index contributed by atoms with van der Waals surface area (Å²) in [4.78, 5) is 39.9. The Balaban J connectivity index is 1.47. The molecule has 2 aromatic rings. The lowest BCUT2D eigenvalue weighted by molar-refractivity contribution is -0.139. The summed E-state index contributed by atoms with van der Waals surface area (Å²) in [5.74, 6) is -0.213. The normalized spacial score (nSPS) is 16.5. The summed E-state index contributed by atoms with van der Waals surface area (Å²) in [5, 5.41) is 0. The highest BCUT2D eigenvalue weighted by Gasteiger charge is 2.33. The fourth-order valence-electron chi connectivity index (χ4n) is 3.66. The molecule has 0 spiro atoms. The largest absolute Gasteiger partial charge is 0.331 e. The molecule has 1 aliphatic heterocycles. The topological polar surface area (TPSA) is 57.7 Å². The standard InChI is InChI=1S/C23H24N2O3/c1-16-3-2-4-18(13-16)15-24(20-9-10-20)23(28)19-7-5-17(6-8-19)14-25-21(26)11-12-22(25)27/h2-8,13,20H,9-12,14-15H2,1H3. The molecule has 1 heterocycles. The van der Waals surface area contributed by atoms with Crippen LogP contribution in [0, 0.1) is 6.92 Å². The molecular formula is C23H24N2O3. The van der Waals surface area contributed by atoms with Crippen LogP contribution in [0.5, 0.6) is 0 Å². The van der Waals surface area contributed by atoms with Crippen molar-refractivity contribution in [3.63, 3.8) is 0 Å². The Bertz CT molecular complexity index is 900. The van der Waals surface area contributed by atoms with Crippen LogP contribution in [-0.4, -0.2) is 33.6 Å². The van der Waals surface area contributed by atoms with Gasteiger partial charge in [-0.25, -0.2) is 0 Å². The van der Waals surface area contributed by atoms with Gasteiger partial charge in [0.1, 0.15) is 0 Å². The fraction of sp³-hybridized carbons (Fsp3) is 0.348. The number of amides is 3. The van der Waals surface area contributed by atoms with Crippen molar-refractivity contribution < 1.29 is 14.4 Å². The Morgan fingerprint density at radius 1 is 1.00 bits per heavy atom. The number of aryl methyl sites for hydroxylation is 1. The van der Waals surface area contributed by atoms with E-state index in [-0.39, 0.29) is 24.3 Å². The van der Waals surface area contributed by atoms with Crippen molar-refractivity contribution in [3.8, 4) is 0 Å². The highest BCUT2D eigenvalue weighted by Crippen LogP contribution is 2.30. The number of hydrogen-bond acceptors (Lipinski definition) is 3. The minimum absolute atomic E-state index is 0.0314. The average Bonchev–Trinajstić information content (AvgIpc) is 3.48. The minimum atomic E-state index is -0.122. The Hall–Kier alpha value is -2.95. The summed E-state index contributed by atoms with van der Waals surface area (Å²) in [6, 6.07) is 15.8. The van der Waals surface area contributed by atoms with Crippen LogP contribution in [0.2, 0.25) is 0 Å². The van der Waals surface area contributed by atoms with Crippen molar-refractivity contribution in [2.24, 2.45) is 0 Å². The van der Waals surface area contributed by atoms with Crippen molar-refractivity contribution in [2.45, 2.75) is 51.7 Å². The number of rotatable bonds is 6. The van der Waals surface area contributed by atoms with Gasteiger partial charge in [-0.05, 0) is 43.0 Å². The molecule has 1 saturated carbocycles. The van der Waals surface area contributed by atoms with E-state index in [4.69, 9.17) is 0 Å². The quantitative estimate of drug-likeness (QED) is 0.726. The van der Waals surface area contributed by atoms with E-state index >= 15 is 0 Å². The van der Waals surface area contributed by atoms with E-state index in [1.165, 1.54) is 10.5 Å². The molecule has 4 rings (SSSR count). The maximum absolute atomic E-state index is 13.1. The van der Waals surface area contributed by atoms with E-state index in [0.717, 1.165) is 24.0 Å². The maximum atomic E-state index is 13.1. The summed E-state index contributed by atoms with van der Waals surface area (Å²) in [5.41, 5.74) is 3.83. The molecule has 1 aliphatic carbocycles. The first-order valence-electron chi connectivity index (χ1n) is 9.80. The first kappa shape index (κ1) is 18.4. The fourth-order valence-corrected chi connectivity index (χ4v) is 3.66. The van der Waals surface area contributed by atoms with E-state index in [9.17, 15) is 14.4 Å². The third-order valence-electron chi connectivity index (χ3n) is 5.38. The van der Waals surface area contributed by atoms with Crippen LogP contribution in [0.15, 0.2) is 48.5 Å². The molecule has 0 unspecified atom stereocenters. The number of likely N-dealkylation sites (tertiary alicyclic amines) is 1. The molecule has 2 aromatic carbocycles. The minimum Gasteiger partial charge on any atom is -0.331 e. The maximum Gasteiger partial charge on any atom is 0.254 e. The lowest BCUT2D eigenvalue weighted by Gasteiger charge is -2.23. The molecule has 0 radical (unpaired) electrons. The van der Waals surface area contributed by atoms with E-state index in [1.54, 1.807) is 12.1 Å². The molecule has 2 aliphatic rings. The van der Waals surface area contributed by atoms with Gasteiger partial charge in [0.25, 0.3) is 5.91 Å². The highest BCUT2D eigenvalue weighted by atomic mass is 16.2. The monoisotopic (exact) mass is 376 g/mol. The molecule has 2 fully saturated rings. The molecule has 5 nitrogen and oxygen atoms in total. The van der Waals surface area contributed by atoms with Gasteiger partial charge in [0, 0.05) is 31.0 Å². The van der Waals surface area contributed by atoms with Gasteiger partial charge < -0.3 is 4.90 Å². The van der Waals surface area contributed by atoms with Crippen molar-refractivity contribution in [1.29, 1.82) is 0 Å². The number of benzene rings is 2. The number of imide groups is 1. The van der Waals surface area contributed by atoms with Crippen LogP contribution in [0.3, 0.4) is 0 Å².